The number of carbonyl (C=O) groups excluding carboxylic acids is 2. The number of rotatable bonds is 8. The van der Waals surface area contributed by atoms with Crippen molar-refractivity contribution >= 4 is 45.9 Å². The number of nitrogens with zero attached hydrogens (tertiary/aromatic N) is 6. The molecule has 16 nitrogen and oxygen atoms in total. The molecule has 0 bridgehead atoms. The molecular weight excluding hydrogens is 869 g/mol. The van der Waals surface area contributed by atoms with Gasteiger partial charge in [-0.3, -0.25) is 0 Å². The van der Waals surface area contributed by atoms with E-state index in [0.29, 0.717) is 17.8 Å². The number of benzene rings is 2. The van der Waals surface area contributed by atoms with E-state index in [1.165, 1.54) is 38.8 Å². The Bertz CT molecular complexity index is 2130. The van der Waals surface area contributed by atoms with Gasteiger partial charge in [0.2, 0.25) is 11.9 Å². The van der Waals surface area contributed by atoms with Crippen molar-refractivity contribution in [2.24, 2.45) is 35.1 Å². The summed E-state index contributed by atoms with van der Waals surface area (Å²) in [5.41, 5.74) is 14.2. The van der Waals surface area contributed by atoms with Gasteiger partial charge in [0.15, 0.2) is 0 Å². The van der Waals surface area contributed by atoms with Crippen LogP contribution >= 0.6 is 0 Å². The molecule has 0 spiro atoms. The van der Waals surface area contributed by atoms with E-state index in [4.69, 9.17) is 20.9 Å². The van der Waals surface area contributed by atoms with Crippen LogP contribution in [0.3, 0.4) is 0 Å². The largest absolute Gasteiger partial charge is 0.444 e. The number of aromatic nitrogens is 4. The summed E-state index contributed by atoms with van der Waals surface area (Å²) >= 11 is 0. The molecule has 4 saturated heterocycles. The summed E-state index contributed by atoms with van der Waals surface area (Å²) < 4.78 is 10.7. The van der Waals surface area contributed by atoms with Crippen LogP contribution in [0.1, 0.15) is 112 Å². The van der Waals surface area contributed by atoms with Gasteiger partial charge in [-0.2, -0.15) is 0 Å². The smallest absolute Gasteiger partial charge is 0.410 e. The topological polar surface area (TPSA) is 211 Å². The van der Waals surface area contributed by atoms with Gasteiger partial charge in [0.1, 0.15) is 11.2 Å². The molecule has 0 unspecified atom stereocenters. The van der Waals surface area contributed by atoms with Crippen molar-refractivity contribution in [2.75, 3.05) is 89.2 Å². The predicted molar refractivity (Wildman–Crippen MR) is 283 cm³/mol. The lowest BCUT2D eigenvalue weighted by Crippen LogP contribution is -2.42. The summed E-state index contributed by atoms with van der Waals surface area (Å²) in [4.78, 5) is 45.7. The normalized spacial score (nSPS) is 17.5. The third-order valence-electron chi connectivity index (χ3n) is 12.8. The Morgan fingerprint density at radius 3 is 1.26 bits per heavy atom. The number of para-hydroxylation sites is 2. The molecule has 0 radical (unpaired) electrons. The van der Waals surface area contributed by atoms with E-state index in [2.05, 4.69) is 47.3 Å². The predicted octanol–water partition coefficient (Wildman–Crippen LogP) is 8.52. The Morgan fingerprint density at radius 2 is 0.899 bits per heavy atom. The number of ether oxygens (including phenoxy) is 2. The van der Waals surface area contributed by atoms with Crippen molar-refractivity contribution in [2.45, 2.75) is 125 Å². The Kier molecular flexibility index (Phi) is 23.1. The Balaban J connectivity index is 0.000000213. The molecule has 384 valence electrons. The maximum Gasteiger partial charge on any atom is 0.410 e. The van der Waals surface area contributed by atoms with Crippen LogP contribution in [-0.4, -0.2) is 132 Å². The summed E-state index contributed by atoms with van der Waals surface area (Å²) in [5, 5.41) is 15.7. The molecule has 4 aromatic rings. The number of carbonyl (C=O) groups is 2. The zero-order valence-electron chi connectivity index (χ0n) is 42.5. The van der Waals surface area contributed by atoms with Gasteiger partial charge in [-0.25, -0.2) is 29.5 Å². The van der Waals surface area contributed by atoms with E-state index in [1.54, 1.807) is 9.80 Å². The summed E-state index contributed by atoms with van der Waals surface area (Å²) in [6.45, 7) is 26.4. The number of fused-ring (bicyclic) bond motifs is 2. The first kappa shape index (κ1) is 56.7. The molecule has 8 rings (SSSR count). The number of amides is 2. The van der Waals surface area contributed by atoms with Crippen LogP contribution in [0.5, 0.6) is 0 Å². The SMILES string of the molecule is C.CC(C)(C)OC(=O)N1CCC(CN)CC1.Cc1nc(NCC2CCN(C(=O)OC(C)(C)C)CC2)nc2ccccc12.Cc1nc(NCC2CCNCC2)nc2ccccc12.NCC1CCNCC1. The number of hydrogen-bond donors (Lipinski definition) is 6. The molecule has 2 aromatic heterocycles. The van der Waals surface area contributed by atoms with Gasteiger partial charge < -0.3 is 52.0 Å². The molecule has 0 saturated carbocycles. The highest BCUT2D eigenvalue weighted by molar-refractivity contribution is 5.82. The van der Waals surface area contributed by atoms with Crippen LogP contribution in [0.2, 0.25) is 0 Å². The molecule has 16 heteroatoms. The number of piperidine rings is 4. The molecule has 69 heavy (non-hydrogen) atoms. The van der Waals surface area contributed by atoms with E-state index >= 15 is 0 Å². The number of anilines is 2. The first-order valence-electron chi connectivity index (χ1n) is 25.2. The first-order valence-corrected chi connectivity index (χ1v) is 25.2. The van der Waals surface area contributed by atoms with Gasteiger partial charge in [0, 0.05) is 50.0 Å². The standard InChI is InChI=1S/C20H28N4O2.C15H20N4.C11H22N2O2.C6H14N2.CH4/c1-14-16-7-5-6-8-17(16)23-18(22-14)21-13-15-9-11-24(12-10-15)19(25)26-20(2,3)4;1-11-13-4-2-3-5-14(13)19-15(18-11)17-10-12-6-8-16-9-7-12;1-11(2,3)15-10(14)13-6-4-9(8-12)5-7-13;7-5-6-1-3-8-4-2-6;/h5-8,15H,9-13H2,1-4H3,(H,21,22,23);2-5,12,16H,6-10H2,1H3,(H,17,18,19);9H,4-8,12H2,1-3H3;6,8H,1-5,7H2;1H4. The second-order valence-electron chi connectivity index (χ2n) is 20.7. The number of nitrogens with one attached hydrogen (secondary N) is 4. The van der Waals surface area contributed by atoms with Gasteiger partial charge in [-0.05, 0) is 182 Å². The van der Waals surface area contributed by atoms with Crippen LogP contribution in [0.4, 0.5) is 21.5 Å². The van der Waals surface area contributed by atoms with Gasteiger partial charge in [0.05, 0.1) is 22.4 Å². The van der Waals surface area contributed by atoms with E-state index in [1.807, 2.05) is 97.9 Å². The van der Waals surface area contributed by atoms with Crippen LogP contribution < -0.4 is 32.7 Å². The lowest BCUT2D eigenvalue weighted by atomic mass is 9.97. The van der Waals surface area contributed by atoms with Crippen molar-refractivity contribution < 1.29 is 19.1 Å². The molecule has 0 aliphatic carbocycles. The third-order valence-corrected chi connectivity index (χ3v) is 12.8. The fraction of sp³-hybridized carbons (Fsp3) is 0.660. The van der Waals surface area contributed by atoms with Crippen molar-refractivity contribution in [3.63, 3.8) is 0 Å². The fourth-order valence-corrected chi connectivity index (χ4v) is 8.63. The van der Waals surface area contributed by atoms with Crippen LogP contribution in [-0.2, 0) is 9.47 Å². The molecule has 2 aromatic carbocycles. The summed E-state index contributed by atoms with van der Waals surface area (Å²) in [6, 6.07) is 16.2. The molecule has 0 atom stereocenters. The number of hydrogen-bond acceptors (Lipinski definition) is 14. The number of aryl methyl sites for hydroxylation is 2. The van der Waals surface area contributed by atoms with Crippen molar-refractivity contribution in [3.05, 3.63) is 59.9 Å². The molecule has 2 amide bonds. The zero-order valence-corrected chi connectivity index (χ0v) is 42.5. The van der Waals surface area contributed by atoms with E-state index in [0.717, 1.165) is 142 Å². The molecule has 6 heterocycles. The van der Waals surface area contributed by atoms with E-state index < -0.39 is 11.2 Å². The maximum atomic E-state index is 12.1. The van der Waals surface area contributed by atoms with Gasteiger partial charge in [0.25, 0.3) is 0 Å². The minimum absolute atomic E-state index is 0. The van der Waals surface area contributed by atoms with E-state index in [9.17, 15) is 9.59 Å². The highest BCUT2D eigenvalue weighted by Gasteiger charge is 2.28. The molecule has 4 fully saturated rings. The van der Waals surface area contributed by atoms with Gasteiger partial charge in [-0.15, -0.1) is 0 Å². The van der Waals surface area contributed by atoms with Crippen molar-refractivity contribution in [3.8, 4) is 0 Å². The Morgan fingerprint density at radius 1 is 0.565 bits per heavy atom. The lowest BCUT2D eigenvalue weighted by molar-refractivity contribution is 0.0177. The molecular formula is C53H88N12O4. The highest BCUT2D eigenvalue weighted by atomic mass is 16.6. The van der Waals surface area contributed by atoms with Crippen molar-refractivity contribution in [1.29, 1.82) is 0 Å². The molecule has 4 aliphatic heterocycles. The molecule has 4 aliphatic rings. The third kappa shape index (κ3) is 19.8. The van der Waals surface area contributed by atoms with Gasteiger partial charge >= 0.3 is 12.2 Å². The highest BCUT2D eigenvalue weighted by Crippen LogP contribution is 2.23. The minimum atomic E-state index is -0.444. The average Bonchev–Trinajstić information content (AvgIpc) is 3.33. The second-order valence-corrected chi connectivity index (χ2v) is 20.7. The summed E-state index contributed by atoms with van der Waals surface area (Å²) in [5.74, 6) is 4.05. The lowest BCUT2D eigenvalue weighted by Gasteiger charge is -2.33. The zero-order chi connectivity index (χ0) is 49.1. The number of nitrogens with two attached hydrogens (primary N) is 2. The average molecular weight is 957 g/mol. The van der Waals surface area contributed by atoms with Crippen LogP contribution in [0, 0.1) is 37.5 Å². The quantitative estimate of drug-likeness (QED) is 0.0978. The monoisotopic (exact) mass is 957 g/mol. The minimum Gasteiger partial charge on any atom is -0.444 e. The summed E-state index contributed by atoms with van der Waals surface area (Å²) in [6.07, 6.45) is 8.52. The fourth-order valence-electron chi connectivity index (χ4n) is 8.63. The van der Waals surface area contributed by atoms with Crippen LogP contribution in [0.25, 0.3) is 21.8 Å². The second kappa shape index (κ2) is 28.1. The van der Waals surface area contributed by atoms with E-state index in [-0.39, 0.29) is 19.6 Å². The van der Waals surface area contributed by atoms with Crippen LogP contribution in [0.15, 0.2) is 48.5 Å². The van der Waals surface area contributed by atoms with Crippen molar-refractivity contribution in [1.82, 2.24) is 40.4 Å². The van der Waals surface area contributed by atoms with Gasteiger partial charge in [-0.1, -0.05) is 43.8 Å². The summed E-state index contributed by atoms with van der Waals surface area (Å²) in [7, 11) is 0. The first-order chi connectivity index (χ1) is 32.5. The number of likely N-dealkylation sites (tertiary alicyclic amines) is 2. The molecule has 8 N–H and O–H groups in total. The Hall–Kier alpha value is -4.90. The Labute approximate surface area is 413 Å². The maximum absolute atomic E-state index is 12.1.